The standard InChI is InChI=1S/C24H10I2O2P2S6/c25-21-7-5-15(33-21)13-1-3-17(31-13)23-11(29-27)9-19(35-23)20-10-12(30-28)24(36-20)18-4-2-14(32-18)16-6-8-22(26)34-16/h1-10H. The molecule has 0 spiro atoms. The smallest absolute Gasteiger partial charge is 0.193 e. The molecule has 0 aliphatic rings. The highest BCUT2D eigenvalue weighted by Crippen LogP contribution is 2.46. The maximum Gasteiger partial charge on any atom is 0.193 e. The van der Waals surface area contributed by atoms with Gasteiger partial charge in [-0.1, -0.05) is 0 Å². The van der Waals surface area contributed by atoms with E-state index in [4.69, 9.17) is 0 Å². The summed E-state index contributed by atoms with van der Waals surface area (Å²) in [5.74, 6) is 0. The van der Waals surface area contributed by atoms with Crippen molar-refractivity contribution in [3.8, 4) is 48.8 Å². The zero-order valence-electron chi connectivity index (χ0n) is 17.7. The van der Waals surface area contributed by atoms with E-state index in [1.54, 1.807) is 68.0 Å². The third-order valence-corrected chi connectivity index (χ3v) is 15.7. The Hall–Kier alpha value is -0.140. The van der Waals surface area contributed by atoms with E-state index < -0.39 is 0 Å². The molecular formula is C24H10I2O2P2S6. The Labute approximate surface area is 261 Å². The van der Waals surface area contributed by atoms with Crippen molar-refractivity contribution in [2.75, 3.05) is 0 Å². The van der Waals surface area contributed by atoms with Crippen LogP contribution in [0.2, 0.25) is 0 Å². The second kappa shape index (κ2) is 11.2. The van der Waals surface area contributed by atoms with E-state index in [0.717, 1.165) is 39.9 Å². The van der Waals surface area contributed by atoms with Crippen molar-refractivity contribution in [2.24, 2.45) is 0 Å². The van der Waals surface area contributed by atoms with Gasteiger partial charge in [0.2, 0.25) is 0 Å². The van der Waals surface area contributed by atoms with Crippen LogP contribution in [-0.2, 0) is 9.13 Å². The lowest BCUT2D eigenvalue weighted by molar-refractivity contribution is 0.602. The molecule has 0 N–H and O–H groups in total. The molecular weight excluding hydrogens is 828 g/mol. The SMILES string of the molecule is O=Pc1cc(-c2cc(P=O)c(-c3ccc(-c4ccc(I)s4)s3)s2)sc1-c1ccc(-c2ccc(I)s2)s1. The molecule has 0 radical (unpaired) electrons. The van der Waals surface area contributed by atoms with Crippen LogP contribution in [-0.4, -0.2) is 0 Å². The largest absolute Gasteiger partial charge is 0.269 e. The topological polar surface area (TPSA) is 34.1 Å². The van der Waals surface area contributed by atoms with Crippen LogP contribution in [0.15, 0.2) is 60.7 Å². The summed E-state index contributed by atoms with van der Waals surface area (Å²) >= 11 is 15.0. The van der Waals surface area contributed by atoms with Gasteiger partial charge in [-0.25, -0.2) is 0 Å². The van der Waals surface area contributed by atoms with E-state index in [1.165, 1.54) is 25.3 Å². The Kier molecular flexibility index (Phi) is 8.09. The molecule has 36 heavy (non-hydrogen) atoms. The van der Waals surface area contributed by atoms with Gasteiger partial charge in [0.25, 0.3) is 0 Å². The summed E-state index contributed by atoms with van der Waals surface area (Å²) in [5.41, 5.74) is 0. The van der Waals surface area contributed by atoms with Crippen LogP contribution in [0.4, 0.5) is 0 Å². The number of hydrogen-bond acceptors (Lipinski definition) is 8. The number of thiophene rings is 6. The molecule has 0 aromatic carbocycles. The summed E-state index contributed by atoms with van der Waals surface area (Å²) in [7, 11) is 0.0219. The molecule has 2 nitrogen and oxygen atoms in total. The average molecular weight is 838 g/mol. The van der Waals surface area contributed by atoms with E-state index in [9.17, 15) is 9.13 Å². The van der Waals surface area contributed by atoms with Gasteiger partial charge in [0.05, 0.1) is 26.1 Å². The minimum atomic E-state index is 0.0110. The number of hydrogen-bond donors (Lipinski definition) is 0. The molecule has 6 aromatic heterocycles. The molecule has 0 aliphatic carbocycles. The monoisotopic (exact) mass is 838 g/mol. The number of rotatable bonds is 7. The van der Waals surface area contributed by atoms with Crippen molar-refractivity contribution in [3.05, 3.63) is 66.4 Å². The highest BCUT2D eigenvalue weighted by molar-refractivity contribution is 14.1. The zero-order chi connectivity index (χ0) is 24.8. The van der Waals surface area contributed by atoms with Crippen molar-refractivity contribution >= 4 is 141 Å². The maximum atomic E-state index is 12.1. The fourth-order valence-corrected chi connectivity index (χ4v) is 13.0. The predicted molar refractivity (Wildman–Crippen MR) is 181 cm³/mol. The molecule has 12 heteroatoms. The highest BCUT2D eigenvalue weighted by atomic mass is 127. The van der Waals surface area contributed by atoms with Crippen LogP contribution < -0.4 is 10.6 Å². The Balaban J connectivity index is 1.35. The van der Waals surface area contributed by atoms with E-state index in [2.05, 4.69) is 93.7 Å². The first-order valence-electron chi connectivity index (χ1n) is 10.2. The Bertz CT molecular complexity index is 1610. The van der Waals surface area contributed by atoms with Gasteiger partial charge < -0.3 is 0 Å². The first-order valence-corrected chi connectivity index (χ1v) is 18.9. The summed E-state index contributed by atoms with van der Waals surface area (Å²) in [6.07, 6.45) is 0. The molecule has 0 bridgehead atoms. The molecule has 6 heterocycles. The molecule has 0 saturated carbocycles. The van der Waals surface area contributed by atoms with Crippen LogP contribution in [0.3, 0.4) is 0 Å². The quantitative estimate of drug-likeness (QED) is 0.119. The zero-order valence-corrected chi connectivity index (χ0v) is 28.7. The summed E-state index contributed by atoms with van der Waals surface area (Å²) in [6.45, 7) is 0. The molecule has 178 valence electrons. The lowest BCUT2D eigenvalue weighted by atomic mass is 10.3. The summed E-state index contributed by atoms with van der Waals surface area (Å²) in [5, 5.41) is 1.59. The maximum absolute atomic E-state index is 12.1. The lowest BCUT2D eigenvalue weighted by Gasteiger charge is -1.93. The van der Waals surface area contributed by atoms with E-state index >= 15 is 0 Å². The first kappa shape index (κ1) is 26.1. The van der Waals surface area contributed by atoms with E-state index in [1.807, 2.05) is 12.1 Å². The third-order valence-electron chi connectivity index (χ3n) is 5.16. The van der Waals surface area contributed by atoms with Crippen molar-refractivity contribution in [3.63, 3.8) is 0 Å². The van der Waals surface area contributed by atoms with Crippen molar-refractivity contribution in [2.45, 2.75) is 0 Å². The Morgan fingerprint density at radius 1 is 0.444 bits per heavy atom. The summed E-state index contributed by atoms with van der Waals surface area (Å²) in [6, 6.07) is 21.1. The van der Waals surface area contributed by atoms with Crippen LogP contribution in [0.1, 0.15) is 0 Å². The van der Waals surface area contributed by atoms with Crippen molar-refractivity contribution < 1.29 is 9.13 Å². The molecule has 0 aliphatic heterocycles. The lowest BCUT2D eigenvalue weighted by Crippen LogP contribution is -1.88. The molecule has 0 saturated heterocycles. The van der Waals surface area contributed by atoms with Gasteiger partial charge in [-0.15, -0.1) is 68.0 Å². The van der Waals surface area contributed by atoms with Gasteiger partial charge in [-0.05, 0) is 106 Å². The Morgan fingerprint density at radius 2 is 0.806 bits per heavy atom. The fraction of sp³-hybridized carbons (Fsp3) is 0. The van der Waals surface area contributed by atoms with Gasteiger partial charge >= 0.3 is 0 Å². The minimum absolute atomic E-state index is 0.0110. The highest BCUT2D eigenvalue weighted by Gasteiger charge is 2.20. The summed E-state index contributed by atoms with van der Waals surface area (Å²) in [4.78, 5) is 11.4. The van der Waals surface area contributed by atoms with Crippen LogP contribution in [0.25, 0.3) is 48.8 Å². The fourth-order valence-electron chi connectivity index (χ4n) is 3.57. The van der Waals surface area contributed by atoms with Crippen LogP contribution in [0.5, 0.6) is 0 Å². The van der Waals surface area contributed by atoms with Crippen LogP contribution in [0, 0.1) is 5.77 Å². The molecule has 0 atom stereocenters. The van der Waals surface area contributed by atoms with E-state index in [0.29, 0.717) is 0 Å². The van der Waals surface area contributed by atoms with Gasteiger partial charge in [0.1, 0.15) is 0 Å². The second-order valence-corrected chi connectivity index (χ2v) is 18.9. The molecule has 6 aromatic rings. The molecule has 0 fully saturated rings. The van der Waals surface area contributed by atoms with Gasteiger partial charge in [-0.3, -0.25) is 9.13 Å². The van der Waals surface area contributed by atoms with Crippen molar-refractivity contribution in [1.82, 2.24) is 0 Å². The first-order chi connectivity index (χ1) is 17.5. The third kappa shape index (κ3) is 5.20. The average Bonchev–Trinajstić information content (AvgIpc) is 3.69. The normalized spacial score (nSPS) is 11.7. The molecule has 6 rings (SSSR count). The second-order valence-electron chi connectivity index (χ2n) is 7.37. The van der Waals surface area contributed by atoms with E-state index in [-0.39, 0.29) is 16.9 Å². The molecule has 0 amide bonds. The van der Waals surface area contributed by atoms with Gasteiger partial charge in [0.15, 0.2) is 16.9 Å². The predicted octanol–water partition coefficient (Wildman–Crippen LogP) is 11.4. The van der Waals surface area contributed by atoms with Gasteiger partial charge in [-0.2, -0.15) is 0 Å². The van der Waals surface area contributed by atoms with Gasteiger partial charge in [0, 0.05) is 39.0 Å². The summed E-state index contributed by atoms with van der Waals surface area (Å²) < 4.78 is 26.7. The number of halogens is 2. The molecule has 0 unspecified atom stereocenters. The Morgan fingerprint density at radius 3 is 1.17 bits per heavy atom. The van der Waals surface area contributed by atoms with Crippen molar-refractivity contribution in [1.29, 1.82) is 0 Å². The van der Waals surface area contributed by atoms with Crippen LogP contribution >= 0.6 is 130 Å². The minimum Gasteiger partial charge on any atom is -0.269 e.